The monoisotopic (exact) mass is 836 g/mol. The molecule has 2 aromatic heterocycles. The van der Waals surface area contributed by atoms with Crippen molar-refractivity contribution in [3.63, 3.8) is 0 Å². The first kappa shape index (κ1) is 40.4. The molecule has 308 valence electrons. The Morgan fingerprint density at radius 2 is 1.63 bits per heavy atom. The summed E-state index contributed by atoms with van der Waals surface area (Å²) in [6.45, 7) is 9.13. The molecule has 59 heavy (non-hydrogen) atoms. The van der Waals surface area contributed by atoms with Gasteiger partial charge in [0, 0.05) is 98.8 Å². The van der Waals surface area contributed by atoms with Gasteiger partial charge in [-0.3, -0.25) is 24.5 Å². The van der Waals surface area contributed by atoms with Gasteiger partial charge in [0.2, 0.25) is 17.8 Å². The molecule has 3 saturated heterocycles. The van der Waals surface area contributed by atoms with Gasteiger partial charge >= 0.3 is 0 Å². The van der Waals surface area contributed by atoms with Crippen LogP contribution in [-0.4, -0.2) is 102 Å². The molecule has 0 bridgehead atoms. The maximum atomic E-state index is 13.0. The van der Waals surface area contributed by atoms with Crippen molar-refractivity contribution in [3.8, 4) is 16.9 Å². The number of benzene rings is 3. The van der Waals surface area contributed by atoms with E-state index < -0.39 is 7.14 Å². The molecule has 16 heteroatoms. The Morgan fingerprint density at radius 1 is 0.881 bits per heavy atom. The Labute approximate surface area is 349 Å². The Balaban J connectivity index is 0.945. The van der Waals surface area contributed by atoms with Gasteiger partial charge in [0.1, 0.15) is 17.9 Å². The number of aromatic nitrogens is 4. The second kappa shape index (κ2) is 17.0. The SMILES string of the molecule is COc1cc(N2CCC(N3CCN(c4ccc(C5CCC(=O)NC5=O)cc4)CC3)CC2)c(-c2cnn(C)c2)cc1Nc1ncc(Cl)c(Nc2ccccc2P(C)(C)=O)n1. The smallest absolute Gasteiger partial charge is 0.234 e. The van der Waals surface area contributed by atoms with Crippen molar-refractivity contribution >= 4 is 70.4 Å². The fraction of sp³-hybridized carbons (Fsp3) is 0.372. The largest absolute Gasteiger partial charge is 0.494 e. The van der Waals surface area contributed by atoms with Crippen LogP contribution >= 0.6 is 18.7 Å². The number of nitrogens with one attached hydrogen (secondary N) is 3. The third kappa shape index (κ3) is 8.95. The third-order valence-corrected chi connectivity index (χ3v) is 13.4. The average molecular weight is 837 g/mol. The summed E-state index contributed by atoms with van der Waals surface area (Å²) in [4.78, 5) is 40.7. The molecule has 3 aliphatic heterocycles. The average Bonchev–Trinajstić information content (AvgIpc) is 3.68. The molecule has 1 unspecified atom stereocenters. The van der Waals surface area contributed by atoms with Crippen LogP contribution in [0.2, 0.25) is 5.02 Å². The van der Waals surface area contributed by atoms with E-state index >= 15 is 0 Å². The predicted octanol–water partition coefficient (Wildman–Crippen LogP) is 6.59. The first-order chi connectivity index (χ1) is 28.4. The maximum absolute atomic E-state index is 13.0. The quantitative estimate of drug-likeness (QED) is 0.0974. The van der Waals surface area contributed by atoms with Crippen molar-refractivity contribution in [2.45, 2.75) is 37.6 Å². The number of ether oxygens (including phenoxy) is 1. The van der Waals surface area contributed by atoms with Gasteiger partial charge in [-0.05, 0) is 68.5 Å². The van der Waals surface area contributed by atoms with Crippen LogP contribution in [0.15, 0.2) is 79.3 Å². The molecule has 8 rings (SSSR count). The molecule has 3 fully saturated rings. The number of halogens is 1. The van der Waals surface area contributed by atoms with Crippen LogP contribution in [0.1, 0.15) is 37.2 Å². The van der Waals surface area contributed by atoms with Crippen molar-refractivity contribution in [3.05, 3.63) is 89.8 Å². The van der Waals surface area contributed by atoms with Crippen LogP contribution < -0.4 is 35.8 Å². The summed E-state index contributed by atoms with van der Waals surface area (Å²) in [5, 5.41) is 14.6. The van der Waals surface area contributed by atoms with E-state index in [2.05, 4.69) is 65.0 Å². The van der Waals surface area contributed by atoms with E-state index in [1.54, 1.807) is 25.1 Å². The van der Waals surface area contributed by atoms with Crippen molar-refractivity contribution in [2.24, 2.45) is 7.05 Å². The zero-order valence-electron chi connectivity index (χ0n) is 33.8. The number of amides is 2. The van der Waals surface area contributed by atoms with Crippen molar-refractivity contribution < 1.29 is 18.9 Å². The Morgan fingerprint density at radius 3 is 2.31 bits per heavy atom. The highest BCUT2D eigenvalue weighted by atomic mass is 35.5. The number of rotatable bonds is 11. The number of carbonyl (C=O) groups is 2. The number of hydrogen-bond acceptors (Lipinski definition) is 12. The number of nitrogens with zero attached hydrogens (tertiary/aromatic N) is 7. The Bertz CT molecular complexity index is 2390. The number of piperidine rings is 2. The summed E-state index contributed by atoms with van der Waals surface area (Å²) in [6.07, 6.45) is 8.45. The number of imide groups is 1. The molecule has 0 spiro atoms. The summed E-state index contributed by atoms with van der Waals surface area (Å²) < 4.78 is 20.8. The zero-order chi connectivity index (χ0) is 41.3. The molecule has 5 heterocycles. The van der Waals surface area contributed by atoms with E-state index in [-0.39, 0.29) is 17.7 Å². The predicted molar refractivity (Wildman–Crippen MR) is 235 cm³/mol. The van der Waals surface area contributed by atoms with Gasteiger partial charge in [0.05, 0.1) is 36.8 Å². The Kier molecular flexibility index (Phi) is 11.7. The lowest BCUT2D eigenvalue weighted by atomic mass is 9.90. The fourth-order valence-electron chi connectivity index (χ4n) is 8.45. The minimum atomic E-state index is -2.58. The molecule has 2 amide bonds. The van der Waals surface area contributed by atoms with Crippen molar-refractivity contribution in [1.29, 1.82) is 0 Å². The van der Waals surface area contributed by atoms with Crippen LogP contribution in [0, 0.1) is 0 Å². The summed E-state index contributed by atoms with van der Waals surface area (Å²) in [7, 11) is 0.997. The number of methoxy groups -OCH3 is 1. The van der Waals surface area contributed by atoms with E-state index in [4.69, 9.17) is 21.3 Å². The van der Waals surface area contributed by atoms with Crippen LogP contribution in [-0.2, 0) is 21.2 Å². The minimum Gasteiger partial charge on any atom is -0.494 e. The van der Waals surface area contributed by atoms with Crippen molar-refractivity contribution in [1.82, 2.24) is 30.0 Å². The fourth-order valence-corrected chi connectivity index (χ4v) is 9.74. The van der Waals surface area contributed by atoms with E-state index in [0.717, 1.165) is 80.2 Å². The van der Waals surface area contributed by atoms with Gasteiger partial charge in [-0.15, -0.1) is 0 Å². The van der Waals surface area contributed by atoms with Gasteiger partial charge in [-0.1, -0.05) is 35.9 Å². The van der Waals surface area contributed by atoms with Crippen LogP contribution in [0.3, 0.4) is 0 Å². The van der Waals surface area contributed by atoms with Gasteiger partial charge in [0.25, 0.3) is 0 Å². The number of hydrogen-bond donors (Lipinski definition) is 3. The van der Waals surface area contributed by atoms with E-state index in [1.165, 1.54) is 6.20 Å². The van der Waals surface area contributed by atoms with E-state index in [0.29, 0.717) is 58.1 Å². The number of piperazine rings is 1. The first-order valence-electron chi connectivity index (χ1n) is 20.0. The topological polar surface area (TPSA) is 150 Å². The lowest BCUT2D eigenvalue weighted by Crippen LogP contribution is -2.53. The second-order valence-corrected chi connectivity index (χ2v) is 19.4. The van der Waals surface area contributed by atoms with Gasteiger partial charge in [-0.2, -0.15) is 10.1 Å². The standard InChI is InChI=1S/C43H50ClN10O4P/c1-51-27-29(25-46-51)33-23-36(48-43-45-26-34(44)41(50-43)47-35-7-5-6-8-39(35)59(3,4)57)38(58-2)24-37(33)54-17-15-31(16-18-54)53-21-19-52(20-22-53)30-11-9-28(10-12-30)32-13-14-40(55)49-42(32)56/h5-12,23-27,31-32H,13-22H2,1-4H3,(H,49,55,56)(H2,45,47,48,50). The lowest BCUT2D eigenvalue weighted by Gasteiger charge is -2.44. The number of anilines is 6. The molecule has 3 aromatic carbocycles. The number of carbonyl (C=O) groups excluding carboxylic acids is 2. The highest BCUT2D eigenvalue weighted by Crippen LogP contribution is 2.42. The highest BCUT2D eigenvalue weighted by molar-refractivity contribution is 7.70. The highest BCUT2D eigenvalue weighted by Gasteiger charge is 2.31. The summed E-state index contributed by atoms with van der Waals surface area (Å²) in [6, 6.07) is 20.4. The lowest BCUT2D eigenvalue weighted by molar-refractivity contribution is -0.134. The van der Waals surface area contributed by atoms with E-state index in [1.807, 2.05) is 55.8 Å². The summed E-state index contributed by atoms with van der Waals surface area (Å²) >= 11 is 6.57. The molecule has 1 atom stereocenters. The molecule has 0 radical (unpaired) electrons. The molecule has 0 aliphatic carbocycles. The first-order valence-corrected chi connectivity index (χ1v) is 23.0. The maximum Gasteiger partial charge on any atom is 0.234 e. The molecular formula is C43H50ClN10O4P. The Hall–Kier alpha value is -5.43. The third-order valence-electron chi connectivity index (χ3n) is 11.6. The zero-order valence-corrected chi connectivity index (χ0v) is 35.5. The van der Waals surface area contributed by atoms with Crippen molar-refractivity contribution in [2.75, 3.05) is 80.1 Å². The van der Waals surface area contributed by atoms with E-state index in [9.17, 15) is 14.2 Å². The van der Waals surface area contributed by atoms with Gasteiger partial charge in [0.15, 0.2) is 5.82 Å². The summed E-state index contributed by atoms with van der Waals surface area (Å²) in [5.74, 6) is 0.694. The van der Waals surface area contributed by atoms with Crippen LogP contribution in [0.4, 0.5) is 34.5 Å². The van der Waals surface area contributed by atoms with Gasteiger partial charge in [-0.25, -0.2) is 4.98 Å². The molecule has 0 saturated carbocycles. The minimum absolute atomic E-state index is 0.190. The van der Waals surface area contributed by atoms with Gasteiger partial charge < -0.3 is 29.7 Å². The second-order valence-electron chi connectivity index (χ2n) is 15.8. The number of aryl methyl sites for hydroxylation is 1. The molecule has 3 N–H and O–H groups in total. The molecular weight excluding hydrogens is 787 g/mol. The van der Waals surface area contributed by atoms with Crippen LogP contribution in [0.25, 0.3) is 11.1 Å². The number of para-hydroxylation sites is 1. The summed E-state index contributed by atoms with van der Waals surface area (Å²) in [5.41, 5.74) is 6.56. The molecule has 3 aliphatic rings. The molecule has 14 nitrogen and oxygen atoms in total. The van der Waals surface area contributed by atoms with Crippen LogP contribution in [0.5, 0.6) is 5.75 Å². The molecule has 5 aromatic rings. The normalized spacial score (nSPS) is 18.2.